The third-order valence-electron chi connectivity index (χ3n) is 4.35. The van der Waals surface area contributed by atoms with Gasteiger partial charge in [-0.15, -0.1) is 0 Å². The second-order valence-corrected chi connectivity index (χ2v) is 6.40. The van der Waals surface area contributed by atoms with Gasteiger partial charge in [0.2, 0.25) is 0 Å². The van der Waals surface area contributed by atoms with Crippen LogP contribution in [0.1, 0.15) is 15.9 Å². The van der Waals surface area contributed by atoms with Crippen molar-refractivity contribution in [3.05, 3.63) is 102 Å². The highest BCUT2D eigenvalue weighted by atomic mass is 16.2. The third kappa shape index (κ3) is 4.22. The van der Waals surface area contributed by atoms with Crippen LogP contribution in [0.25, 0.3) is 16.9 Å². The van der Waals surface area contributed by atoms with Gasteiger partial charge in [0.05, 0.1) is 11.9 Å². The van der Waals surface area contributed by atoms with Gasteiger partial charge >= 0.3 is 0 Å². The first-order chi connectivity index (χ1) is 14.2. The molecule has 6 heteroatoms. The lowest BCUT2D eigenvalue weighted by atomic mass is 10.1. The fraction of sp³-hybridized carbons (Fsp3) is 0. The molecule has 1 amide bonds. The Labute approximate surface area is 168 Å². The summed E-state index contributed by atoms with van der Waals surface area (Å²) in [6.45, 7) is 0. The van der Waals surface area contributed by atoms with Crippen LogP contribution in [0, 0.1) is 0 Å². The molecule has 0 fully saturated rings. The topological polar surface area (TPSA) is 85.3 Å². The summed E-state index contributed by atoms with van der Waals surface area (Å²) in [7, 11) is 0. The van der Waals surface area contributed by atoms with E-state index in [1.54, 1.807) is 35.2 Å². The molecule has 0 spiro atoms. The summed E-state index contributed by atoms with van der Waals surface area (Å²) >= 11 is 0. The van der Waals surface area contributed by atoms with E-state index < -0.39 is 0 Å². The summed E-state index contributed by atoms with van der Waals surface area (Å²) < 4.78 is 1.80. The number of aromatic nitrogens is 2. The summed E-state index contributed by atoms with van der Waals surface area (Å²) in [6.07, 6.45) is 3.49. The van der Waals surface area contributed by atoms with Gasteiger partial charge in [0.25, 0.3) is 5.91 Å². The number of hydrogen-bond donors (Lipinski definition) is 2. The average molecular weight is 381 g/mol. The van der Waals surface area contributed by atoms with Crippen LogP contribution in [0.4, 0.5) is 5.69 Å². The first-order valence-corrected chi connectivity index (χ1v) is 9.10. The van der Waals surface area contributed by atoms with Crippen molar-refractivity contribution >= 4 is 17.8 Å². The number of carbonyl (C=O) groups excluding carboxylic acids is 1. The van der Waals surface area contributed by atoms with Crippen molar-refractivity contribution in [2.45, 2.75) is 0 Å². The molecule has 0 aliphatic rings. The zero-order chi connectivity index (χ0) is 20.1. The van der Waals surface area contributed by atoms with E-state index in [1.165, 1.54) is 0 Å². The number of hydrazone groups is 1. The number of nitrogens with one attached hydrogen (secondary N) is 1. The van der Waals surface area contributed by atoms with E-state index in [4.69, 9.17) is 10.8 Å². The van der Waals surface area contributed by atoms with E-state index >= 15 is 0 Å². The lowest BCUT2D eigenvalue weighted by Crippen LogP contribution is -2.17. The van der Waals surface area contributed by atoms with E-state index in [9.17, 15) is 4.79 Å². The molecule has 1 aromatic heterocycles. The Balaban J connectivity index is 1.61. The number of nitrogens with zero attached hydrogens (tertiary/aromatic N) is 3. The monoisotopic (exact) mass is 381 g/mol. The molecular formula is C23H19N5O. The van der Waals surface area contributed by atoms with Crippen LogP contribution in [0.15, 0.2) is 96.2 Å². The number of amides is 1. The second kappa shape index (κ2) is 8.22. The van der Waals surface area contributed by atoms with Crippen LogP contribution in [-0.2, 0) is 0 Å². The van der Waals surface area contributed by atoms with E-state index in [2.05, 4.69) is 10.5 Å². The fourth-order valence-corrected chi connectivity index (χ4v) is 2.87. The Kier molecular flexibility index (Phi) is 5.16. The van der Waals surface area contributed by atoms with Crippen molar-refractivity contribution in [3.63, 3.8) is 0 Å². The number of rotatable bonds is 5. The quantitative estimate of drug-likeness (QED) is 0.312. The normalized spacial score (nSPS) is 10.9. The summed E-state index contributed by atoms with van der Waals surface area (Å²) in [6, 6.07) is 26.3. The van der Waals surface area contributed by atoms with Gasteiger partial charge in [-0.1, -0.05) is 48.5 Å². The summed E-state index contributed by atoms with van der Waals surface area (Å²) in [5, 5.41) is 8.84. The van der Waals surface area contributed by atoms with Crippen molar-refractivity contribution in [2.24, 2.45) is 5.10 Å². The molecule has 1 heterocycles. The predicted molar refractivity (Wildman–Crippen MR) is 115 cm³/mol. The second-order valence-electron chi connectivity index (χ2n) is 6.40. The third-order valence-corrected chi connectivity index (χ3v) is 4.35. The highest BCUT2D eigenvalue weighted by Gasteiger charge is 2.11. The molecule has 29 heavy (non-hydrogen) atoms. The van der Waals surface area contributed by atoms with Crippen molar-refractivity contribution in [1.29, 1.82) is 0 Å². The van der Waals surface area contributed by atoms with Gasteiger partial charge in [0.15, 0.2) is 0 Å². The number of hydrogen-bond acceptors (Lipinski definition) is 4. The lowest BCUT2D eigenvalue weighted by Gasteiger charge is -2.01. The standard InChI is InChI=1S/C23H19N5O/c24-20-13-11-18(12-14-20)23(29)26-25-15-19-16-28(21-9-5-2-6-10-21)27-22(19)17-7-3-1-4-8-17/h1-16H,24H2,(H,26,29)/b25-15+. The smallest absolute Gasteiger partial charge is 0.271 e. The molecule has 0 aliphatic heterocycles. The zero-order valence-electron chi connectivity index (χ0n) is 15.6. The Morgan fingerprint density at radius 3 is 2.28 bits per heavy atom. The molecule has 4 aromatic rings. The number of carbonyl (C=O) groups is 1. The van der Waals surface area contributed by atoms with Crippen molar-refractivity contribution in [2.75, 3.05) is 5.73 Å². The minimum Gasteiger partial charge on any atom is -0.399 e. The number of anilines is 1. The molecule has 0 radical (unpaired) electrons. The molecule has 0 saturated heterocycles. The summed E-state index contributed by atoms with van der Waals surface area (Å²) in [4.78, 5) is 12.2. The van der Waals surface area contributed by atoms with Gasteiger partial charge in [-0.3, -0.25) is 4.79 Å². The average Bonchev–Trinajstić information content (AvgIpc) is 3.19. The van der Waals surface area contributed by atoms with E-state index in [0.717, 1.165) is 22.5 Å². The molecule has 4 rings (SSSR count). The van der Waals surface area contributed by atoms with Gasteiger partial charge in [0.1, 0.15) is 5.69 Å². The maximum absolute atomic E-state index is 12.2. The molecule has 3 N–H and O–H groups in total. The molecule has 0 unspecified atom stereocenters. The van der Waals surface area contributed by atoms with Crippen LogP contribution < -0.4 is 11.2 Å². The van der Waals surface area contributed by atoms with Crippen molar-refractivity contribution in [3.8, 4) is 16.9 Å². The van der Waals surface area contributed by atoms with E-state index in [-0.39, 0.29) is 5.91 Å². The molecule has 6 nitrogen and oxygen atoms in total. The Morgan fingerprint density at radius 1 is 0.931 bits per heavy atom. The van der Waals surface area contributed by atoms with Crippen molar-refractivity contribution in [1.82, 2.24) is 15.2 Å². The lowest BCUT2D eigenvalue weighted by molar-refractivity contribution is 0.0955. The van der Waals surface area contributed by atoms with E-state index in [1.807, 2.05) is 66.9 Å². The highest BCUT2D eigenvalue weighted by Crippen LogP contribution is 2.22. The number of nitrogens with two attached hydrogens (primary N) is 1. The fourth-order valence-electron chi connectivity index (χ4n) is 2.87. The Bertz CT molecular complexity index is 1130. The number of para-hydroxylation sites is 1. The number of benzene rings is 3. The van der Waals surface area contributed by atoms with Crippen LogP contribution in [0.5, 0.6) is 0 Å². The largest absolute Gasteiger partial charge is 0.399 e. The van der Waals surface area contributed by atoms with Crippen LogP contribution in [0.3, 0.4) is 0 Å². The molecular weight excluding hydrogens is 362 g/mol. The maximum Gasteiger partial charge on any atom is 0.271 e. The molecule has 142 valence electrons. The van der Waals surface area contributed by atoms with Crippen LogP contribution in [-0.4, -0.2) is 21.9 Å². The molecule has 0 saturated carbocycles. The summed E-state index contributed by atoms with van der Waals surface area (Å²) in [5.74, 6) is -0.307. The molecule has 0 bridgehead atoms. The predicted octanol–water partition coefficient (Wildman–Crippen LogP) is 3.89. The molecule has 3 aromatic carbocycles. The molecule has 0 aliphatic carbocycles. The summed E-state index contributed by atoms with van der Waals surface area (Å²) in [5.41, 5.74) is 12.8. The Morgan fingerprint density at radius 2 is 1.59 bits per heavy atom. The minimum absolute atomic E-state index is 0.307. The maximum atomic E-state index is 12.2. The zero-order valence-corrected chi connectivity index (χ0v) is 15.6. The van der Waals surface area contributed by atoms with Crippen LogP contribution >= 0.6 is 0 Å². The first-order valence-electron chi connectivity index (χ1n) is 9.10. The van der Waals surface area contributed by atoms with Crippen LogP contribution in [0.2, 0.25) is 0 Å². The first kappa shape index (κ1) is 18.2. The SMILES string of the molecule is Nc1ccc(C(=O)N/N=C/c2cn(-c3ccccc3)nc2-c2ccccc2)cc1. The van der Waals surface area contributed by atoms with Gasteiger partial charge in [0, 0.05) is 28.6 Å². The van der Waals surface area contributed by atoms with Crippen molar-refractivity contribution < 1.29 is 4.79 Å². The van der Waals surface area contributed by atoms with Gasteiger partial charge in [-0.05, 0) is 36.4 Å². The van der Waals surface area contributed by atoms with Gasteiger partial charge < -0.3 is 5.73 Å². The van der Waals surface area contributed by atoms with E-state index in [0.29, 0.717) is 11.3 Å². The minimum atomic E-state index is -0.307. The molecule has 0 atom stereocenters. The van der Waals surface area contributed by atoms with Gasteiger partial charge in [-0.2, -0.15) is 10.2 Å². The number of nitrogen functional groups attached to an aromatic ring is 1. The highest BCUT2D eigenvalue weighted by molar-refractivity contribution is 5.95. The van der Waals surface area contributed by atoms with Gasteiger partial charge in [-0.25, -0.2) is 10.1 Å². The Hall–Kier alpha value is -4.19.